The van der Waals surface area contributed by atoms with Gasteiger partial charge in [0.15, 0.2) is 5.11 Å². The monoisotopic (exact) mass is 389 g/mol. The number of aryl methyl sites for hydroxylation is 1. The first-order valence-electron chi connectivity index (χ1n) is 9.09. The van der Waals surface area contributed by atoms with Crippen LogP contribution in [0.1, 0.15) is 31.2 Å². The summed E-state index contributed by atoms with van der Waals surface area (Å²) in [5, 5.41) is 7.20. The van der Waals surface area contributed by atoms with Crippen LogP contribution in [0, 0.1) is 0 Å². The van der Waals surface area contributed by atoms with Crippen molar-refractivity contribution in [2.24, 2.45) is 0 Å². The second-order valence-corrected chi connectivity index (χ2v) is 7.19. The number of nitrogens with zero attached hydrogens (tertiary/aromatic N) is 3. The average Bonchev–Trinajstić information content (AvgIpc) is 2.66. The van der Waals surface area contributed by atoms with Crippen LogP contribution in [0.3, 0.4) is 0 Å². The van der Waals surface area contributed by atoms with Gasteiger partial charge in [-0.05, 0) is 49.9 Å². The minimum absolute atomic E-state index is 0.426. The first kappa shape index (κ1) is 18.9. The number of nitrogens with one attached hydrogen (secondary N) is 2. The molecule has 2 N–H and O–H groups in total. The molecule has 26 heavy (non-hydrogen) atoms. The van der Waals surface area contributed by atoms with E-state index in [1.165, 1.54) is 24.8 Å². The maximum atomic E-state index is 6.17. The lowest BCUT2D eigenvalue weighted by Crippen LogP contribution is -2.32. The van der Waals surface area contributed by atoms with Crippen LogP contribution in [-0.2, 0) is 6.42 Å². The van der Waals surface area contributed by atoms with E-state index in [0.29, 0.717) is 16.2 Å². The van der Waals surface area contributed by atoms with Crippen LogP contribution >= 0.6 is 23.8 Å². The van der Waals surface area contributed by atoms with Crippen LogP contribution in [0.15, 0.2) is 36.4 Å². The van der Waals surface area contributed by atoms with Crippen LogP contribution in [0.2, 0.25) is 5.15 Å². The molecule has 0 spiro atoms. The number of aromatic nitrogens is 2. The van der Waals surface area contributed by atoms with Crippen molar-refractivity contribution in [1.82, 2.24) is 15.3 Å². The molecule has 1 aromatic heterocycles. The predicted octanol–water partition coefficient (Wildman–Crippen LogP) is 4.04. The Morgan fingerprint density at radius 3 is 2.65 bits per heavy atom. The van der Waals surface area contributed by atoms with Gasteiger partial charge in [0.1, 0.15) is 11.0 Å². The molecule has 0 saturated carbocycles. The Morgan fingerprint density at radius 1 is 1.12 bits per heavy atom. The molecule has 0 atom stereocenters. The van der Waals surface area contributed by atoms with E-state index < -0.39 is 0 Å². The number of hydrogen-bond donors (Lipinski definition) is 2. The van der Waals surface area contributed by atoms with Crippen molar-refractivity contribution in [1.29, 1.82) is 0 Å². The summed E-state index contributed by atoms with van der Waals surface area (Å²) in [6.45, 7) is 2.81. The number of benzene rings is 1. The Morgan fingerprint density at radius 2 is 1.88 bits per heavy atom. The van der Waals surface area contributed by atoms with E-state index in [4.69, 9.17) is 23.8 Å². The van der Waals surface area contributed by atoms with E-state index in [-0.39, 0.29) is 0 Å². The van der Waals surface area contributed by atoms with Crippen LogP contribution < -0.4 is 15.5 Å². The van der Waals surface area contributed by atoms with Gasteiger partial charge in [0.25, 0.3) is 0 Å². The molecule has 0 amide bonds. The van der Waals surface area contributed by atoms with Gasteiger partial charge in [-0.1, -0.05) is 41.9 Å². The van der Waals surface area contributed by atoms with Crippen LogP contribution in [0.5, 0.6) is 0 Å². The minimum Gasteiger partial charge on any atom is -0.362 e. The van der Waals surface area contributed by atoms with Gasteiger partial charge in [0.2, 0.25) is 5.95 Å². The normalized spacial score (nSPS) is 14.1. The Balaban J connectivity index is 1.48. The van der Waals surface area contributed by atoms with Crippen molar-refractivity contribution >= 4 is 40.7 Å². The van der Waals surface area contributed by atoms with Gasteiger partial charge in [-0.2, -0.15) is 4.98 Å². The molecule has 0 aliphatic carbocycles. The van der Waals surface area contributed by atoms with Crippen molar-refractivity contribution < 1.29 is 0 Å². The van der Waals surface area contributed by atoms with E-state index in [9.17, 15) is 0 Å². The highest BCUT2D eigenvalue weighted by molar-refractivity contribution is 7.80. The van der Waals surface area contributed by atoms with E-state index in [0.717, 1.165) is 38.3 Å². The molecule has 2 heterocycles. The van der Waals surface area contributed by atoms with Crippen LogP contribution in [0.25, 0.3) is 0 Å². The highest BCUT2D eigenvalue weighted by atomic mass is 35.5. The van der Waals surface area contributed by atoms with E-state index in [2.05, 4.69) is 49.8 Å². The van der Waals surface area contributed by atoms with Crippen molar-refractivity contribution in [2.75, 3.05) is 29.9 Å². The Kier molecular flexibility index (Phi) is 7.03. The summed E-state index contributed by atoms with van der Waals surface area (Å²) in [5.74, 6) is 1.30. The molecule has 7 heteroatoms. The quantitative estimate of drug-likeness (QED) is 0.442. The predicted molar refractivity (Wildman–Crippen MR) is 112 cm³/mol. The first-order valence-corrected chi connectivity index (χ1v) is 9.87. The fraction of sp³-hybridized carbons (Fsp3) is 0.421. The first-order chi connectivity index (χ1) is 12.7. The zero-order chi connectivity index (χ0) is 18.2. The lowest BCUT2D eigenvalue weighted by atomic mass is 10.1. The summed E-state index contributed by atoms with van der Waals surface area (Å²) in [7, 11) is 0. The minimum atomic E-state index is 0.426. The topological polar surface area (TPSA) is 53.1 Å². The highest BCUT2D eigenvalue weighted by Crippen LogP contribution is 2.21. The lowest BCUT2D eigenvalue weighted by Gasteiger charge is -2.27. The Labute approximate surface area is 165 Å². The maximum absolute atomic E-state index is 6.17. The number of halogens is 1. The average molecular weight is 390 g/mol. The molecule has 1 aliphatic rings. The summed E-state index contributed by atoms with van der Waals surface area (Å²) in [5.41, 5.74) is 1.33. The SMILES string of the molecule is S=C(NCCCc1ccccc1)Nc1nc(Cl)cc(N2CCCCC2)n1. The number of hydrogen-bond acceptors (Lipinski definition) is 4. The number of anilines is 2. The van der Waals surface area contributed by atoms with E-state index in [1.54, 1.807) is 0 Å². The molecule has 5 nitrogen and oxygen atoms in total. The number of rotatable bonds is 6. The summed E-state index contributed by atoms with van der Waals surface area (Å²) in [6.07, 6.45) is 5.67. The highest BCUT2D eigenvalue weighted by Gasteiger charge is 2.14. The van der Waals surface area contributed by atoms with Crippen molar-refractivity contribution in [2.45, 2.75) is 32.1 Å². The molecule has 3 rings (SSSR count). The second-order valence-electron chi connectivity index (χ2n) is 6.39. The van der Waals surface area contributed by atoms with E-state index in [1.807, 2.05) is 12.1 Å². The molecule has 0 unspecified atom stereocenters. The van der Waals surface area contributed by atoms with Crippen molar-refractivity contribution in [3.05, 3.63) is 47.1 Å². The summed E-state index contributed by atoms with van der Waals surface area (Å²) >= 11 is 11.5. The molecule has 138 valence electrons. The van der Waals surface area contributed by atoms with Crippen LogP contribution in [0.4, 0.5) is 11.8 Å². The molecule has 1 aliphatic heterocycles. The van der Waals surface area contributed by atoms with Gasteiger partial charge >= 0.3 is 0 Å². The zero-order valence-corrected chi connectivity index (χ0v) is 16.3. The third kappa shape index (κ3) is 5.81. The number of thiocarbonyl (C=S) groups is 1. The van der Waals surface area contributed by atoms with Crippen molar-refractivity contribution in [3.8, 4) is 0 Å². The third-order valence-corrected chi connectivity index (χ3v) is 4.80. The van der Waals surface area contributed by atoms with Crippen molar-refractivity contribution in [3.63, 3.8) is 0 Å². The molecular weight excluding hydrogens is 366 g/mol. The molecule has 0 radical (unpaired) electrons. The molecule has 1 fully saturated rings. The molecule has 0 bridgehead atoms. The van der Waals surface area contributed by atoms with Gasteiger partial charge in [0.05, 0.1) is 0 Å². The second kappa shape index (κ2) is 9.69. The summed E-state index contributed by atoms with van der Waals surface area (Å²) < 4.78 is 0. The van der Waals surface area contributed by atoms with E-state index >= 15 is 0 Å². The Hall–Kier alpha value is -1.92. The Bertz CT molecular complexity index is 719. The van der Waals surface area contributed by atoms with Gasteiger partial charge in [0, 0.05) is 25.7 Å². The van der Waals surface area contributed by atoms with Gasteiger partial charge < -0.3 is 15.5 Å². The van der Waals surface area contributed by atoms with Gasteiger partial charge in [-0.3, -0.25) is 0 Å². The van der Waals surface area contributed by atoms with Crippen LogP contribution in [-0.4, -0.2) is 34.7 Å². The fourth-order valence-electron chi connectivity index (χ4n) is 3.03. The van der Waals surface area contributed by atoms with Gasteiger partial charge in [-0.15, -0.1) is 0 Å². The largest absolute Gasteiger partial charge is 0.362 e. The lowest BCUT2D eigenvalue weighted by molar-refractivity contribution is 0.573. The number of piperidine rings is 1. The molecule has 1 saturated heterocycles. The maximum Gasteiger partial charge on any atom is 0.232 e. The third-order valence-electron chi connectivity index (χ3n) is 4.36. The molecule has 1 aromatic carbocycles. The summed E-state index contributed by atoms with van der Waals surface area (Å²) in [4.78, 5) is 11.0. The smallest absolute Gasteiger partial charge is 0.232 e. The zero-order valence-electron chi connectivity index (χ0n) is 14.7. The standard InChI is InChI=1S/C19H24ClN5S/c20-16-14-17(25-12-5-2-6-13-25)23-18(22-16)24-19(26)21-11-7-10-15-8-3-1-4-9-15/h1,3-4,8-9,14H,2,5-7,10-13H2,(H2,21,22,23,24,26). The molecular formula is C19H24ClN5S. The summed E-state index contributed by atoms with van der Waals surface area (Å²) in [6, 6.07) is 12.2. The molecule has 2 aromatic rings. The van der Waals surface area contributed by atoms with Gasteiger partial charge in [-0.25, -0.2) is 4.98 Å². The fourth-order valence-corrected chi connectivity index (χ4v) is 3.40.